The van der Waals surface area contributed by atoms with Crippen molar-refractivity contribution in [1.29, 1.82) is 0 Å². The lowest BCUT2D eigenvalue weighted by atomic mass is 10.1. The van der Waals surface area contributed by atoms with Crippen LogP contribution in [-0.2, 0) is 14.8 Å². The van der Waals surface area contributed by atoms with E-state index < -0.39 is 15.9 Å². The molecule has 0 fully saturated rings. The van der Waals surface area contributed by atoms with Crippen LogP contribution in [0.2, 0.25) is 5.02 Å². The molecule has 0 saturated carbocycles. The number of amides is 1. The van der Waals surface area contributed by atoms with Gasteiger partial charge < -0.3 is 5.32 Å². The molecule has 0 aliphatic rings. The van der Waals surface area contributed by atoms with Gasteiger partial charge >= 0.3 is 0 Å². The predicted molar refractivity (Wildman–Crippen MR) is 147 cm³/mol. The fraction of sp³-hybridized carbons (Fsp3) is 0.214. The number of nitrogens with one attached hydrogen (secondary N) is 1. The van der Waals surface area contributed by atoms with Crippen molar-refractivity contribution in [1.82, 2.24) is 14.1 Å². The zero-order chi connectivity index (χ0) is 26.4. The molecule has 0 radical (unpaired) electrons. The van der Waals surface area contributed by atoms with Gasteiger partial charge in [-0.05, 0) is 49.7 Å². The van der Waals surface area contributed by atoms with Crippen LogP contribution in [0.1, 0.15) is 25.3 Å². The topological polar surface area (TPSA) is 84.3 Å². The predicted octanol–water partition coefficient (Wildman–Crippen LogP) is 5.93. The van der Waals surface area contributed by atoms with E-state index in [9.17, 15) is 13.2 Å². The first-order valence-corrected chi connectivity index (χ1v) is 13.9. The van der Waals surface area contributed by atoms with Crippen LogP contribution < -0.4 is 5.32 Å². The number of halogens is 1. The largest absolute Gasteiger partial charge is 0.309 e. The van der Waals surface area contributed by atoms with E-state index in [0.717, 1.165) is 23.2 Å². The standard InChI is InChI=1S/C28H29ClN4O3S/c1-3-4-18-32(37(35,36)25-16-12-23(29)13-17-25)20-28(34)30-27-19-26(22-8-6-5-7-9-22)31-33(27)24-14-10-21(2)11-15-24/h5-17,19H,3-4,18,20H2,1-2H3,(H,30,34). The molecule has 1 amide bonds. The molecule has 3 aromatic carbocycles. The number of aromatic nitrogens is 2. The lowest BCUT2D eigenvalue weighted by Gasteiger charge is -2.22. The minimum Gasteiger partial charge on any atom is -0.309 e. The highest BCUT2D eigenvalue weighted by Gasteiger charge is 2.27. The molecule has 1 N–H and O–H groups in total. The van der Waals surface area contributed by atoms with E-state index >= 15 is 0 Å². The van der Waals surface area contributed by atoms with Gasteiger partial charge in [-0.3, -0.25) is 4.79 Å². The Morgan fingerprint density at radius 3 is 2.32 bits per heavy atom. The molecule has 0 unspecified atom stereocenters. The van der Waals surface area contributed by atoms with Gasteiger partial charge in [0.15, 0.2) is 0 Å². The Bertz CT molecular complexity index is 1450. The number of anilines is 1. The number of sulfonamides is 1. The lowest BCUT2D eigenvalue weighted by Crippen LogP contribution is -2.38. The van der Waals surface area contributed by atoms with Crippen LogP contribution in [0.15, 0.2) is 89.8 Å². The molecule has 192 valence electrons. The normalized spacial score (nSPS) is 11.6. The SMILES string of the molecule is CCCCN(CC(=O)Nc1cc(-c2ccccc2)nn1-c1ccc(C)cc1)S(=O)(=O)c1ccc(Cl)cc1. The monoisotopic (exact) mass is 536 g/mol. The fourth-order valence-corrected chi connectivity index (χ4v) is 5.38. The fourth-order valence-electron chi connectivity index (χ4n) is 3.82. The van der Waals surface area contributed by atoms with Crippen molar-refractivity contribution >= 4 is 33.3 Å². The average Bonchev–Trinajstić information content (AvgIpc) is 3.31. The van der Waals surface area contributed by atoms with Gasteiger partial charge in [0, 0.05) is 23.2 Å². The summed E-state index contributed by atoms with van der Waals surface area (Å²) >= 11 is 5.94. The van der Waals surface area contributed by atoms with Gasteiger partial charge in [-0.2, -0.15) is 9.40 Å². The van der Waals surface area contributed by atoms with E-state index in [4.69, 9.17) is 16.7 Å². The first-order valence-electron chi connectivity index (χ1n) is 12.1. The Kier molecular flexibility index (Phi) is 8.43. The second-order valence-electron chi connectivity index (χ2n) is 8.72. The van der Waals surface area contributed by atoms with Gasteiger partial charge in [-0.25, -0.2) is 13.1 Å². The van der Waals surface area contributed by atoms with Gasteiger partial charge in [-0.1, -0.05) is 73.0 Å². The van der Waals surface area contributed by atoms with Crippen LogP contribution in [0.5, 0.6) is 0 Å². The first kappa shape index (κ1) is 26.6. The zero-order valence-electron chi connectivity index (χ0n) is 20.8. The second-order valence-corrected chi connectivity index (χ2v) is 11.1. The summed E-state index contributed by atoms with van der Waals surface area (Å²) in [6.07, 6.45) is 1.41. The van der Waals surface area contributed by atoms with E-state index in [2.05, 4.69) is 5.32 Å². The molecular weight excluding hydrogens is 508 g/mol. The van der Waals surface area contributed by atoms with Crippen LogP contribution >= 0.6 is 11.6 Å². The van der Waals surface area contributed by atoms with Gasteiger partial charge in [0.05, 0.1) is 22.8 Å². The molecular formula is C28H29ClN4O3S. The van der Waals surface area contributed by atoms with Crippen molar-refractivity contribution in [3.8, 4) is 16.9 Å². The van der Waals surface area contributed by atoms with Crippen molar-refractivity contribution in [2.24, 2.45) is 0 Å². The number of unbranched alkanes of at least 4 members (excludes halogenated alkanes) is 1. The van der Waals surface area contributed by atoms with Crippen molar-refractivity contribution in [2.75, 3.05) is 18.4 Å². The van der Waals surface area contributed by atoms with Gasteiger partial charge in [0.2, 0.25) is 15.9 Å². The third-order valence-corrected chi connectivity index (χ3v) is 7.97. The summed E-state index contributed by atoms with van der Waals surface area (Å²) in [5.74, 6) is -0.00597. The molecule has 0 aliphatic heterocycles. The maximum absolute atomic E-state index is 13.3. The molecule has 0 aliphatic carbocycles. The van der Waals surface area contributed by atoms with Crippen LogP contribution in [-0.4, -0.2) is 41.5 Å². The highest BCUT2D eigenvalue weighted by atomic mass is 35.5. The Hall–Kier alpha value is -3.46. The highest BCUT2D eigenvalue weighted by molar-refractivity contribution is 7.89. The summed E-state index contributed by atoms with van der Waals surface area (Å²) in [4.78, 5) is 13.3. The number of carbonyl (C=O) groups excluding carboxylic acids is 1. The zero-order valence-corrected chi connectivity index (χ0v) is 22.3. The smallest absolute Gasteiger partial charge is 0.243 e. The third-order valence-electron chi connectivity index (χ3n) is 5.86. The van der Waals surface area contributed by atoms with Gasteiger partial charge in [-0.15, -0.1) is 0 Å². The molecule has 7 nitrogen and oxygen atoms in total. The van der Waals surface area contributed by atoms with E-state index in [1.165, 1.54) is 28.6 Å². The number of benzene rings is 3. The van der Waals surface area contributed by atoms with Crippen LogP contribution in [0.25, 0.3) is 16.9 Å². The third kappa shape index (κ3) is 6.46. The molecule has 37 heavy (non-hydrogen) atoms. The molecule has 1 aromatic heterocycles. The quantitative estimate of drug-likeness (QED) is 0.272. The first-order chi connectivity index (χ1) is 17.8. The highest BCUT2D eigenvalue weighted by Crippen LogP contribution is 2.25. The number of rotatable bonds is 10. The maximum atomic E-state index is 13.3. The van der Waals surface area contributed by atoms with Crippen molar-refractivity contribution in [3.63, 3.8) is 0 Å². The summed E-state index contributed by atoms with van der Waals surface area (Å²) in [6.45, 7) is 3.86. The lowest BCUT2D eigenvalue weighted by molar-refractivity contribution is -0.116. The second kappa shape index (κ2) is 11.7. The van der Waals surface area contributed by atoms with Crippen LogP contribution in [0, 0.1) is 6.92 Å². The molecule has 0 spiro atoms. The summed E-state index contributed by atoms with van der Waals surface area (Å²) in [5, 5.41) is 8.05. The van der Waals surface area contributed by atoms with Crippen LogP contribution in [0.4, 0.5) is 5.82 Å². The molecule has 0 atom stereocenters. The Labute approximate surface area is 222 Å². The molecule has 9 heteroatoms. The summed E-state index contributed by atoms with van der Waals surface area (Å²) < 4.78 is 29.5. The van der Waals surface area contributed by atoms with Crippen molar-refractivity contribution in [2.45, 2.75) is 31.6 Å². The number of aryl methyl sites for hydroxylation is 1. The summed E-state index contributed by atoms with van der Waals surface area (Å²) in [7, 11) is -3.89. The van der Waals surface area contributed by atoms with Crippen LogP contribution in [0.3, 0.4) is 0 Å². The molecule has 0 saturated heterocycles. The van der Waals surface area contributed by atoms with E-state index in [0.29, 0.717) is 23.0 Å². The Morgan fingerprint density at radius 2 is 1.68 bits per heavy atom. The van der Waals surface area contributed by atoms with E-state index in [1.807, 2.05) is 68.4 Å². The number of carbonyl (C=O) groups is 1. The average molecular weight is 537 g/mol. The van der Waals surface area contributed by atoms with Gasteiger partial charge in [0.25, 0.3) is 0 Å². The number of hydrogen-bond donors (Lipinski definition) is 1. The Morgan fingerprint density at radius 1 is 1.00 bits per heavy atom. The Balaban J connectivity index is 1.63. The van der Waals surface area contributed by atoms with Gasteiger partial charge in [0.1, 0.15) is 5.82 Å². The molecule has 4 rings (SSSR count). The van der Waals surface area contributed by atoms with E-state index in [1.54, 1.807) is 10.7 Å². The minimum absolute atomic E-state index is 0.0943. The minimum atomic E-state index is -3.89. The number of hydrogen-bond acceptors (Lipinski definition) is 4. The van der Waals surface area contributed by atoms with Crippen molar-refractivity contribution < 1.29 is 13.2 Å². The maximum Gasteiger partial charge on any atom is 0.243 e. The molecule has 1 heterocycles. The van der Waals surface area contributed by atoms with E-state index in [-0.39, 0.29) is 18.0 Å². The summed E-state index contributed by atoms with van der Waals surface area (Å²) in [5.41, 5.74) is 3.47. The van der Waals surface area contributed by atoms with Crippen molar-refractivity contribution in [3.05, 3.63) is 95.5 Å². The molecule has 0 bridgehead atoms. The molecule has 4 aromatic rings. The number of nitrogens with zero attached hydrogens (tertiary/aromatic N) is 3. The summed E-state index contributed by atoms with van der Waals surface area (Å²) in [6, 6.07) is 25.2.